The minimum Gasteiger partial charge on any atom is -0.455 e. The predicted octanol–water partition coefficient (Wildman–Crippen LogP) is 3.83. The fourth-order valence-corrected chi connectivity index (χ4v) is 3.84. The standard InChI is InChI=1S/C25H29ClN4O3/c1-14(2)9-20-19(10-27)23(17-7-5-15(3)6-8-17)22(16(4)30-20)25(32)33-13-18-11-29-21(12-28-18)24(26)31/h5-8,11-12,14,21,29H,9-10,13,27H2,1-4H3. The lowest BCUT2D eigenvalue weighted by Gasteiger charge is -2.20. The van der Waals surface area contributed by atoms with E-state index in [1.807, 2.05) is 38.1 Å². The Labute approximate surface area is 199 Å². The summed E-state index contributed by atoms with van der Waals surface area (Å²) in [7, 11) is 0. The van der Waals surface area contributed by atoms with Gasteiger partial charge in [-0.05, 0) is 48.9 Å². The number of nitrogens with zero attached hydrogens (tertiary/aromatic N) is 2. The zero-order valence-corrected chi connectivity index (χ0v) is 20.1. The quantitative estimate of drug-likeness (QED) is 0.450. The van der Waals surface area contributed by atoms with E-state index >= 15 is 0 Å². The van der Waals surface area contributed by atoms with E-state index in [1.54, 1.807) is 0 Å². The van der Waals surface area contributed by atoms with Gasteiger partial charge in [0.25, 0.3) is 0 Å². The molecule has 1 aliphatic heterocycles. The van der Waals surface area contributed by atoms with Crippen LogP contribution in [0.4, 0.5) is 0 Å². The molecule has 0 amide bonds. The zero-order valence-electron chi connectivity index (χ0n) is 19.3. The number of carbonyl (C=O) groups is 2. The fraction of sp³-hybridized carbons (Fsp3) is 0.360. The Morgan fingerprint density at radius 3 is 2.45 bits per heavy atom. The predicted molar refractivity (Wildman–Crippen MR) is 130 cm³/mol. The Bertz CT molecular complexity index is 1110. The molecular formula is C25H29ClN4O3. The summed E-state index contributed by atoms with van der Waals surface area (Å²) in [5, 5.41) is 2.25. The molecule has 1 aliphatic rings. The molecule has 0 aliphatic carbocycles. The molecule has 1 unspecified atom stereocenters. The van der Waals surface area contributed by atoms with E-state index in [4.69, 9.17) is 27.1 Å². The third-order valence-corrected chi connectivity index (χ3v) is 5.56. The molecule has 33 heavy (non-hydrogen) atoms. The molecule has 2 aromatic rings. The second kappa shape index (κ2) is 10.7. The first kappa shape index (κ1) is 24.6. The smallest absolute Gasteiger partial charge is 0.341 e. The van der Waals surface area contributed by atoms with Gasteiger partial charge in [0.1, 0.15) is 12.6 Å². The third kappa shape index (κ3) is 5.86. The third-order valence-electron chi connectivity index (χ3n) is 5.33. The first-order chi connectivity index (χ1) is 15.7. The zero-order chi connectivity index (χ0) is 24.1. The number of hydrogen-bond donors (Lipinski definition) is 2. The maximum atomic E-state index is 13.3. The van der Waals surface area contributed by atoms with Crippen molar-refractivity contribution in [3.63, 3.8) is 0 Å². The number of aromatic nitrogens is 1. The van der Waals surface area contributed by atoms with Crippen LogP contribution in [-0.4, -0.2) is 35.1 Å². The maximum Gasteiger partial charge on any atom is 0.341 e. The summed E-state index contributed by atoms with van der Waals surface area (Å²) >= 11 is 5.46. The molecule has 0 radical (unpaired) electrons. The molecule has 1 aromatic carbocycles. The fourth-order valence-electron chi connectivity index (χ4n) is 3.72. The van der Waals surface area contributed by atoms with Gasteiger partial charge in [0, 0.05) is 30.2 Å². The van der Waals surface area contributed by atoms with Crippen LogP contribution in [0.3, 0.4) is 0 Å². The summed E-state index contributed by atoms with van der Waals surface area (Å²) in [5.74, 6) is -0.119. The monoisotopic (exact) mass is 468 g/mol. The number of hydrogen-bond acceptors (Lipinski definition) is 7. The van der Waals surface area contributed by atoms with Crippen LogP contribution in [0, 0.1) is 19.8 Å². The molecular weight excluding hydrogens is 440 g/mol. The van der Waals surface area contributed by atoms with E-state index in [0.29, 0.717) is 22.9 Å². The van der Waals surface area contributed by atoms with Gasteiger partial charge in [-0.1, -0.05) is 43.7 Å². The number of aliphatic imine (C=N–C) groups is 1. The van der Waals surface area contributed by atoms with E-state index in [9.17, 15) is 9.59 Å². The van der Waals surface area contributed by atoms with Crippen molar-refractivity contribution < 1.29 is 14.3 Å². The second-order valence-electron chi connectivity index (χ2n) is 8.48. The first-order valence-electron chi connectivity index (χ1n) is 10.9. The van der Waals surface area contributed by atoms with Crippen molar-refractivity contribution in [2.24, 2.45) is 16.6 Å². The Morgan fingerprint density at radius 2 is 1.91 bits per heavy atom. The van der Waals surface area contributed by atoms with Crippen molar-refractivity contribution in [2.75, 3.05) is 6.61 Å². The molecule has 0 bridgehead atoms. The lowest BCUT2D eigenvalue weighted by molar-refractivity contribution is -0.111. The van der Waals surface area contributed by atoms with Gasteiger partial charge in [-0.2, -0.15) is 0 Å². The van der Waals surface area contributed by atoms with Crippen molar-refractivity contribution in [3.05, 3.63) is 64.2 Å². The molecule has 0 saturated heterocycles. The summed E-state index contributed by atoms with van der Waals surface area (Å²) in [6.45, 7) is 8.27. The highest BCUT2D eigenvalue weighted by molar-refractivity contribution is 6.66. The molecule has 7 nitrogen and oxygen atoms in total. The normalized spacial score (nSPS) is 15.2. The van der Waals surface area contributed by atoms with Gasteiger partial charge in [-0.3, -0.25) is 14.8 Å². The number of benzene rings is 1. The molecule has 174 valence electrons. The van der Waals surface area contributed by atoms with Crippen molar-refractivity contribution in [2.45, 2.75) is 46.7 Å². The number of nitrogens with two attached hydrogens (primary N) is 1. The van der Waals surface area contributed by atoms with Gasteiger partial charge in [0.2, 0.25) is 5.24 Å². The van der Waals surface area contributed by atoms with Gasteiger partial charge >= 0.3 is 5.97 Å². The second-order valence-corrected chi connectivity index (χ2v) is 8.85. The summed E-state index contributed by atoms with van der Waals surface area (Å²) in [4.78, 5) is 33.4. The van der Waals surface area contributed by atoms with E-state index in [0.717, 1.165) is 34.4 Å². The average Bonchev–Trinajstić information content (AvgIpc) is 2.77. The molecule has 1 atom stereocenters. The number of pyridine rings is 1. The van der Waals surface area contributed by atoms with Crippen LogP contribution in [0.2, 0.25) is 0 Å². The van der Waals surface area contributed by atoms with Crippen molar-refractivity contribution in [1.82, 2.24) is 10.3 Å². The molecule has 1 aromatic heterocycles. The van der Waals surface area contributed by atoms with E-state index < -0.39 is 17.3 Å². The minimum atomic E-state index is -0.689. The van der Waals surface area contributed by atoms with E-state index in [1.165, 1.54) is 12.4 Å². The van der Waals surface area contributed by atoms with Crippen molar-refractivity contribution in [3.8, 4) is 11.1 Å². The number of carbonyl (C=O) groups excluding carboxylic acids is 2. The molecule has 0 spiro atoms. The molecule has 0 saturated carbocycles. The number of aryl methyl sites for hydroxylation is 2. The number of esters is 1. The van der Waals surface area contributed by atoms with Crippen LogP contribution < -0.4 is 11.1 Å². The van der Waals surface area contributed by atoms with Gasteiger partial charge in [-0.15, -0.1) is 0 Å². The van der Waals surface area contributed by atoms with Gasteiger partial charge in [-0.25, -0.2) is 4.79 Å². The largest absolute Gasteiger partial charge is 0.455 e. The average molecular weight is 469 g/mol. The van der Waals surface area contributed by atoms with Gasteiger partial charge < -0.3 is 15.8 Å². The summed E-state index contributed by atoms with van der Waals surface area (Å²) in [6.07, 6.45) is 3.66. The first-order valence-corrected chi connectivity index (χ1v) is 11.2. The van der Waals surface area contributed by atoms with Crippen molar-refractivity contribution in [1.29, 1.82) is 0 Å². The summed E-state index contributed by atoms with van der Waals surface area (Å²) in [5.41, 5.74) is 12.2. The molecule has 3 N–H and O–H groups in total. The topological polar surface area (TPSA) is 107 Å². The Kier molecular flexibility index (Phi) is 8.00. The highest BCUT2D eigenvalue weighted by Gasteiger charge is 2.25. The summed E-state index contributed by atoms with van der Waals surface area (Å²) in [6, 6.07) is 7.29. The SMILES string of the molecule is Cc1ccc(-c2c(CN)c(CC(C)C)nc(C)c2C(=O)OCC2=CNC(C(=O)Cl)C=N2)cc1. The lowest BCUT2D eigenvalue weighted by Crippen LogP contribution is -2.34. The Balaban J connectivity index is 1.98. The van der Waals surface area contributed by atoms with Crippen LogP contribution in [-0.2, 0) is 22.5 Å². The minimum absolute atomic E-state index is 0.0655. The number of ether oxygens (including phenoxy) is 1. The highest BCUT2D eigenvalue weighted by atomic mass is 35.5. The number of halogens is 1. The maximum absolute atomic E-state index is 13.3. The van der Waals surface area contributed by atoms with Crippen molar-refractivity contribution >= 4 is 29.0 Å². The van der Waals surface area contributed by atoms with Gasteiger partial charge in [0.15, 0.2) is 0 Å². The van der Waals surface area contributed by atoms with Crippen LogP contribution in [0.25, 0.3) is 11.1 Å². The van der Waals surface area contributed by atoms with E-state index in [2.05, 4.69) is 24.2 Å². The molecule has 3 rings (SSSR count). The van der Waals surface area contributed by atoms with Crippen LogP contribution in [0.1, 0.15) is 46.7 Å². The molecule has 2 heterocycles. The van der Waals surface area contributed by atoms with Crippen LogP contribution in [0.5, 0.6) is 0 Å². The van der Waals surface area contributed by atoms with E-state index in [-0.39, 0.29) is 13.2 Å². The molecule has 8 heteroatoms. The summed E-state index contributed by atoms with van der Waals surface area (Å²) < 4.78 is 5.59. The molecule has 0 fully saturated rings. The Morgan fingerprint density at radius 1 is 1.21 bits per heavy atom. The number of rotatable bonds is 8. The van der Waals surface area contributed by atoms with Crippen LogP contribution in [0.15, 0.2) is 41.2 Å². The van der Waals surface area contributed by atoms with Crippen LogP contribution >= 0.6 is 11.6 Å². The highest BCUT2D eigenvalue weighted by Crippen LogP contribution is 2.33. The Hall–Kier alpha value is -3.03. The number of nitrogens with one attached hydrogen (secondary N) is 1. The lowest BCUT2D eigenvalue weighted by atomic mass is 9.90. The van der Waals surface area contributed by atoms with Gasteiger partial charge in [0.05, 0.1) is 17.0 Å².